The Morgan fingerprint density at radius 1 is 0.920 bits per heavy atom. The van der Waals surface area contributed by atoms with E-state index in [1.54, 1.807) is 0 Å². The third kappa shape index (κ3) is 11.3. The number of hydrogen-bond donors (Lipinski definition) is 2. The third-order valence-corrected chi connectivity index (χ3v) is 5.10. The van der Waals surface area contributed by atoms with Gasteiger partial charge in [0, 0.05) is 12.4 Å². The smallest absolute Gasteiger partial charge is 0.0995 e. The Bertz CT molecular complexity index is 349. The number of nitrogens with two attached hydrogens (primary N) is 1. The fraction of sp³-hybridized carbons (Fsp3) is 0.818. The summed E-state index contributed by atoms with van der Waals surface area (Å²) in [6.45, 7) is 4.33. The van der Waals surface area contributed by atoms with E-state index >= 15 is 0 Å². The average Bonchev–Trinajstić information content (AvgIpc) is 3.07. The van der Waals surface area contributed by atoms with Crippen LogP contribution in [0.4, 0.5) is 0 Å². The zero-order valence-electron chi connectivity index (χ0n) is 16.9. The van der Waals surface area contributed by atoms with E-state index in [1.807, 2.05) is 13.1 Å². The second kappa shape index (κ2) is 15.3. The number of allylic oxidation sites excluding steroid dienone is 2. The summed E-state index contributed by atoms with van der Waals surface area (Å²) in [5, 5.41) is 3.39. The van der Waals surface area contributed by atoms with Crippen molar-refractivity contribution >= 4 is 0 Å². The van der Waals surface area contributed by atoms with Gasteiger partial charge in [-0.05, 0) is 45.4 Å². The minimum Gasteiger partial charge on any atom is -0.370 e. The van der Waals surface area contributed by atoms with Gasteiger partial charge in [-0.3, -0.25) is 0 Å². The van der Waals surface area contributed by atoms with Crippen molar-refractivity contribution < 1.29 is 0 Å². The largest absolute Gasteiger partial charge is 0.370 e. The van der Waals surface area contributed by atoms with Crippen molar-refractivity contribution in [3.8, 4) is 0 Å². The van der Waals surface area contributed by atoms with Gasteiger partial charge in [0.2, 0.25) is 0 Å². The molecule has 0 saturated heterocycles. The van der Waals surface area contributed by atoms with Crippen molar-refractivity contribution in [2.75, 3.05) is 0 Å². The van der Waals surface area contributed by atoms with Gasteiger partial charge >= 0.3 is 0 Å². The van der Waals surface area contributed by atoms with E-state index in [-0.39, 0.29) is 6.17 Å². The van der Waals surface area contributed by atoms with Crippen LogP contribution in [0.15, 0.2) is 24.6 Å². The Balaban J connectivity index is 1.83. The monoisotopic (exact) mass is 349 g/mol. The highest BCUT2D eigenvalue weighted by Gasteiger charge is 2.20. The molecule has 146 valence electrons. The van der Waals surface area contributed by atoms with E-state index in [0.717, 1.165) is 0 Å². The number of rotatable bonds is 16. The first-order valence-corrected chi connectivity index (χ1v) is 10.9. The molecule has 3 N–H and O–H groups in total. The van der Waals surface area contributed by atoms with Crippen LogP contribution in [-0.4, -0.2) is 17.2 Å². The molecule has 1 heterocycles. The zero-order chi connectivity index (χ0) is 18.2. The van der Waals surface area contributed by atoms with Crippen LogP contribution >= 0.6 is 0 Å². The summed E-state index contributed by atoms with van der Waals surface area (Å²) >= 11 is 0. The lowest BCUT2D eigenvalue weighted by Crippen LogP contribution is -2.44. The first-order chi connectivity index (χ1) is 12.3. The molecule has 1 aliphatic rings. The molecule has 1 aliphatic heterocycles. The molecule has 25 heavy (non-hydrogen) atoms. The molecule has 2 unspecified atom stereocenters. The van der Waals surface area contributed by atoms with E-state index in [9.17, 15) is 0 Å². The molecule has 2 atom stereocenters. The first kappa shape index (κ1) is 22.1. The predicted octanol–water partition coefficient (Wildman–Crippen LogP) is 6.03. The second-order valence-electron chi connectivity index (χ2n) is 7.56. The Kier molecular flexibility index (Phi) is 13.5. The highest BCUT2D eigenvalue weighted by Crippen LogP contribution is 2.15. The normalized spacial score (nSPS) is 18.2. The van der Waals surface area contributed by atoms with Crippen LogP contribution in [0, 0.1) is 0 Å². The summed E-state index contributed by atoms with van der Waals surface area (Å²) in [6, 6.07) is 0. The van der Waals surface area contributed by atoms with Crippen molar-refractivity contribution in [1.82, 2.24) is 10.2 Å². The van der Waals surface area contributed by atoms with Crippen LogP contribution in [0.1, 0.15) is 104 Å². The summed E-state index contributed by atoms with van der Waals surface area (Å²) in [5.41, 5.74) is 5.97. The van der Waals surface area contributed by atoms with Crippen LogP contribution < -0.4 is 11.1 Å². The lowest BCUT2D eigenvalue weighted by molar-refractivity contribution is 0.208. The van der Waals surface area contributed by atoms with Gasteiger partial charge in [-0.2, -0.15) is 0 Å². The highest BCUT2D eigenvalue weighted by molar-refractivity contribution is 4.95. The lowest BCUT2D eigenvalue weighted by atomic mass is 10.1. The molecule has 0 aromatic carbocycles. The fourth-order valence-corrected chi connectivity index (χ4v) is 3.49. The topological polar surface area (TPSA) is 41.3 Å². The Morgan fingerprint density at radius 3 is 2.08 bits per heavy atom. The highest BCUT2D eigenvalue weighted by atomic mass is 15.3. The SMILES string of the molecule is CCCCCCCCCC/C=C/CCCCCC1NC=CN1C(C)N. The molecule has 0 amide bonds. The van der Waals surface area contributed by atoms with Gasteiger partial charge in [0.05, 0.1) is 12.3 Å². The molecule has 1 rings (SSSR count). The summed E-state index contributed by atoms with van der Waals surface area (Å²) in [7, 11) is 0. The predicted molar refractivity (Wildman–Crippen MR) is 111 cm³/mol. The van der Waals surface area contributed by atoms with Gasteiger partial charge < -0.3 is 16.0 Å². The molecule has 3 nitrogen and oxygen atoms in total. The third-order valence-electron chi connectivity index (χ3n) is 5.10. The molecule has 0 aromatic heterocycles. The summed E-state index contributed by atoms with van der Waals surface area (Å²) < 4.78 is 0. The Morgan fingerprint density at radius 2 is 1.48 bits per heavy atom. The Labute approximate surface area is 157 Å². The van der Waals surface area contributed by atoms with Crippen molar-refractivity contribution in [2.24, 2.45) is 5.73 Å². The number of unbranched alkanes of at least 4 members (excludes halogenated alkanes) is 11. The van der Waals surface area contributed by atoms with Crippen LogP contribution in [0.3, 0.4) is 0 Å². The molecular formula is C22H43N3. The molecule has 0 bridgehead atoms. The quantitative estimate of drug-likeness (QED) is 0.264. The lowest BCUT2D eigenvalue weighted by Gasteiger charge is -2.28. The van der Waals surface area contributed by atoms with Crippen molar-refractivity contribution in [2.45, 2.75) is 116 Å². The maximum atomic E-state index is 5.97. The maximum Gasteiger partial charge on any atom is 0.0995 e. The molecule has 0 aliphatic carbocycles. The molecule has 0 radical (unpaired) electrons. The van der Waals surface area contributed by atoms with E-state index in [0.29, 0.717) is 6.17 Å². The fourth-order valence-electron chi connectivity index (χ4n) is 3.49. The van der Waals surface area contributed by atoms with Gasteiger partial charge in [-0.25, -0.2) is 0 Å². The Hall–Kier alpha value is -0.960. The van der Waals surface area contributed by atoms with Crippen LogP contribution in [0.2, 0.25) is 0 Å². The zero-order valence-corrected chi connectivity index (χ0v) is 16.9. The minimum atomic E-state index is 0.0931. The molecule has 3 heteroatoms. The number of hydrogen-bond acceptors (Lipinski definition) is 3. The van der Waals surface area contributed by atoms with Gasteiger partial charge in [0.15, 0.2) is 0 Å². The van der Waals surface area contributed by atoms with Gasteiger partial charge in [-0.15, -0.1) is 0 Å². The van der Waals surface area contributed by atoms with Crippen LogP contribution in [-0.2, 0) is 0 Å². The molecule has 0 spiro atoms. The van der Waals surface area contributed by atoms with Gasteiger partial charge in [0.1, 0.15) is 0 Å². The van der Waals surface area contributed by atoms with Crippen LogP contribution in [0.5, 0.6) is 0 Å². The van der Waals surface area contributed by atoms with Crippen molar-refractivity contribution in [3.05, 3.63) is 24.6 Å². The van der Waals surface area contributed by atoms with Crippen molar-refractivity contribution in [3.63, 3.8) is 0 Å². The standard InChI is InChI=1S/C22H43N3/c1-3-4-5-6-7-8-9-10-11-12-13-14-15-16-17-18-22-24-19-20-25(22)21(2)23/h12-13,19-22,24H,3-11,14-18,23H2,1-2H3/b13-12+. The molecule has 0 aromatic rings. The molecular weight excluding hydrogens is 306 g/mol. The van der Waals surface area contributed by atoms with Gasteiger partial charge in [-0.1, -0.05) is 70.4 Å². The summed E-state index contributed by atoms with van der Waals surface area (Å²) in [5.74, 6) is 0. The number of nitrogens with one attached hydrogen (secondary N) is 1. The number of nitrogens with zero attached hydrogens (tertiary/aromatic N) is 1. The maximum absolute atomic E-state index is 5.97. The van der Waals surface area contributed by atoms with Gasteiger partial charge in [0.25, 0.3) is 0 Å². The minimum absolute atomic E-state index is 0.0931. The summed E-state index contributed by atoms with van der Waals surface area (Å²) in [6.07, 6.45) is 28.3. The van der Waals surface area contributed by atoms with E-state index in [4.69, 9.17) is 5.73 Å². The first-order valence-electron chi connectivity index (χ1n) is 10.9. The summed E-state index contributed by atoms with van der Waals surface area (Å²) in [4.78, 5) is 2.21. The molecule has 0 saturated carbocycles. The van der Waals surface area contributed by atoms with E-state index < -0.39 is 0 Å². The van der Waals surface area contributed by atoms with Crippen molar-refractivity contribution in [1.29, 1.82) is 0 Å². The van der Waals surface area contributed by atoms with E-state index in [2.05, 4.69) is 35.5 Å². The van der Waals surface area contributed by atoms with E-state index in [1.165, 1.54) is 89.9 Å². The van der Waals surface area contributed by atoms with Crippen LogP contribution in [0.25, 0.3) is 0 Å². The molecule has 0 fully saturated rings. The average molecular weight is 350 g/mol. The second-order valence-corrected chi connectivity index (χ2v) is 7.56.